The molecule has 0 saturated heterocycles. The van der Waals surface area contributed by atoms with E-state index < -0.39 is 11.6 Å². The molecule has 0 aliphatic heterocycles. The molecule has 6 N–H and O–H groups in total. The van der Waals surface area contributed by atoms with Gasteiger partial charge in [-0.2, -0.15) is 0 Å². The highest BCUT2D eigenvalue weighted by molar-refractivity contribution is 5.22. The lowest BCUT2D eigenvalue weighted by Gasteiger charge is -2.37. The molecule has 5 nitrogen and oxygen atoms in total. The highest BCUT2D eigenvalue weighted by atomic mass is 16.5. The maximum absolute atomic E-state index is 9.91. The zero-order valence-corrected chi connectivity index (χ0v) is 19.2. The molecule has 0 fully saturated rings. The molecule has 5 heteroatoms. The van der Waals surface area contributed by atoms with E-state index in [1.807, 2.05) is 13.8 Å². The van der Waals surface area contributed by atoms with Crippen LogP contribution in [-0.2, 0) is 4.74 Å². The number of aliphatic hydroxyl groups excluding tert-OH is 2. The SMILES string of the molecule is C=C/C=C(/O)C(N)CC(C)C(C)(C)OCC(C)(C)CC(=C)C/C=C(N)\C(O)=C/C. The Kier molecular flexibility index (Phi) is 11.1. The maximum Gasteiger partial charge on any atom is 0.133 e. The molecule has 0 heterocycles. The molecule has 2 unspecified atom stereocenters. The molecule has 2 atom stereocenters. The zero-order valence-electron chi connectivity index (χ0n) is 19.2. The summed E-state index contributed by atoms with van der Waals surface area (Å²) >= 11 is 0. The molecule has 0 saturated carbocycles. The summed E-state index contributed by atoms with van der Waals surface area (Å²) in [4.78, 5) is 0. The largest absolute Gasteiger partial charge is 0.511 e. The van der Waals surface area contributed by atoms with E-state index in [1.165, 1.54) is 12.2 Å². The Labute approximate surface area is 177 Å². The first kappa shape index (κ1) is 27.0. The van der Waals surface area contributed by atoms with E-state index in [0.717, 1.165) is 12.0 Å². The van der Waals surface area contributed by atoms with Gasteiger partial charge < -0.3 is 26.4 Å². The Morgan fingerprint density at radius 3 is 2.31 bits per heavy atom. The van der Waals surface area contributed by atoms with Crippen molar-refractivity contribution < 1.29 is 14.9 Å². The van der Waals surface area contributed by atoms with E-state index in [1.54, 1.807) is 19.1 Å². The van der Waals surface area contributed by atoms with Gasteiger partial charge in [0.15, 0.2) is 0 Å². The molecule has 0 aliphatic rings. The van der Waals surface area contributed by atoms with Crippen LogP contribution in [0.4, 0.5) is 0 Å². The van der Waals surface area contributed by atoms with Crippen LogP contribution in [0.5, 0.6) is 0 Å². The predicted octanol–water partition coefficient (Wildman–Crippen LogP) is 5.43. The van der Waals surface area contributed by atoms with Crippen LogP contribution in [0.1, 0.15) is 60.8 Å². The highest BCUT2D eigenvalue weighted by Crippen LogP contribution is 2.32. The monoisotopic (exact) mass is 406 g/mol. The smallest absolute Gasteiger partial charge is 0.133 e. The van der Waals surface area contributed by atoms with Crippen LogP contribution in [0, 0.1) is 11.3 Å². The Hall–Kier alpha value is -1.98. The Bertz CT molecular complexity index is 643. The van der Waals surface area contributed by atoms with E-state index in [-0.39, 0.29) is 22.9 Å². The fraction of sp³-hybridized carbons (Fsp3) is 0.583. The summed E-state index contributed by atoms with van der Waals surface area (Å²) < 4.78 is 6.27. The quantitative estimate of drug-likeness (QED) is 0.186. The van der Waals surface area contributed by atoms with Crippen molar-refractivity contribution in [3.05, 3.63) is 60.3 Å². The average molecular weight is 407 g/mol. The van der Waals surface area contributed by atoms with E-state index in [0.29, 0.717) is 25.1 Å². The number of allylic oxidation sites excluding steroid dienone is 5. The second-order valence-electron chi connectivity index (χ2n) is 9.09. The van der Waals surface area contributed by atoms with Gasteiger partial charge in [0.05, 0.1) is 23.9 Å². The molecule has 0 rings (SSSR count). The number of nitrogens with two attached hydrogens (primary N) is 2. The Balaban J connectivity index is 4.77. The second kappa shape index (κ2) is 11.9. The van der Waals surface area contributed by atoms with Crippen LogP contribution in [0.3, 0.4) is 0 Å². The first-order valence-corrected chi connectivity index (χ1v) is 10.1. The van der Waals surface area contributed by atoms with Crippen molar-refractivity contribution >= 4 is 0 Å². The van der Waals surface area contributed by atoms with Crippen molar-refractivity contribution in [1.82, 2.24) is 0 Å². The fourth-order valence-electron chi connectivity index (χ4n) is 2.88. The van der Waals surface area contributed by atoms with Crippen LogP contribution in [0.15, 0.2) is 60.3 Å². The molecular weight excluding hydrogens is 364 g/mol. The molecule has 0 spiro atoms. The molecule has 0 aromatic rings. The maximum atomic E-state index is 9.91. The third kappa shape index (κ3) is 10.4. The van der Waals surface area contributed by atoms with E-state index >= 15 is 0 Å². The molecule has 166 valence electrons. The van der Waals surface area contributed by atoms with Crippen LogP contribution < -0.4 is 11.5 Å². The van der Waals surface area contributed by atoms with Gasteiger partial charge in [0.1, 0.15) is 11.5 Å². The Morgan fingerprint density at radius 2 is 1.79 bits per heavy atom. The van der Waals surface area contributed by atoms with Crippen molar-refractivity contribution in [2.24, 2.45) is 22.8 Å². The lowest BCUT2D eigenvalue weighted by Crippen LogP contribution is -2.39. The van der Waals surface area contributed by atoms with Crippen molar-refractivity contribution in [3.63, 3.8) is 0 Å². The van der Waals surface area contributed by atoms with Gasteiger partial charge in [0.2, 0.25) is 0 Å². The minimum atomic E-state index is -0.440. The summed E-state index contributed by atoms with van der Waals surface area (Å²) in [5.41, 5.74) is 12.8. The molecule has 0 aliphatic carbocycles. The molecule has 0 aromatic heterocycles. The minimum Gasteiger partial charge on any atom is -0.511 e. The molecule has 0 radical (unpaired) electrons. The van der Waals surface area contributed by atoms with Gasteiger partial charge in [-0.15, -0.1) is 0 Å². The number of ether oxygens (including phenoxy) is 1. The first-order chi connectivity index (χ1) is 13.3. The first-order valence-electron chi connectivity index (χ1n) is 10.1. The minimum absolute atomic E-state index is 0.0864. The van der Waals surface area contributed by atoms with Gasteiger partial charge in [0, 0.05) is 0 Å². The molecule has 0 bridgehead atoms. The summed E-state index contributed by atoms with van der Waals surface area (Å²) in [6.45, 7) is 20.5. The van der Waals surface area contributed by atoms with Crippen molar-refractivity contribution in [3.8, 4) is 0 Å². The van der Waals surface area contributed by atoms with Crippen molar-refractivity contribution in [2.45, 2.75) is 72.4 Å². The topological polar surface area (TPSA) is 102 Å². The Morgan fingerprint density at radius 1 is 1.21 bits per heavy atom. The number of hydrogen-bond donors (Lipinski definition) is 4. The average Bonchev–Trinajstić information content (AvgIpc) is 2.63. The van der Waals surface area contributed by atoms with Crippen molar-refractivity contribution in [1.29, 1.82) is 0 Å². The van der Waals surface area contributed by atoms with E-state index in [4.69, 9.17) is 16.2 Å². The van der Waals surface area contributed by atoms with Crippen LogP contribution >= 0.6 is 0 Å². The zero-order chi connectivity index (χ0) is 22.8. The molecule has 0 aromatic carbocycles. The summed E-state index contributed by atoms with van der Waals surface area (Å²) in [6.07, 6.45) is 8.39. The van der Waals surface area contributed by atoms with Crippen LogP contribution in [0.25, 0.3) is 0 Å². The molecule has 29 heavy (non-hydrogen) atoms. The summed E-state index contributed by atoms with van der Waals surface area (Å²) in [5.74, 6) is 0.363. The van der Waals surface area contributed by atoms with Crippen molar-refractivity contribution in [2.75, 3.05) is 6.61 Å². The van der Waals surface area contributed by atoms with Gasteiger partial charge >= 0.3 is 0 Å². The van der Waals surface area contributed by atoms with Crippen LogP contribution in [-0.4, -0.2) is 28.5 Å². The predicted molar refractivity (Wildman–Crippen MR) is 124 cm³/mol. The second-order valence-corrected chi connectivity index (χ2v) is 9.09. The van der Waals surface area contributed by atoms with Crippen LogP contribution in [0.2, 0.25) is 0 Å². The molecule has 0 amide bonds. The summed E-state index contributed by atoms with van der Waals surface area (Å²) in [7, 11) is 0. The van der Waals surface area contributed by atoms with Gasteiger partial charge in [-0.25, -0.2) is 0 Å². The van der Waals surface area contributed by atoms with Gasteiger partial charge in [-0.3, -0.25) is 0 Å². The lowest BCUT2D eigenvalue weighted by molar-refractivity contribution is -0.0877. The standard InChI is InChI=1S/C24H42N2O3/c1-9-11-22(28)20(26)14-18(4)24(7,8)29-16-23(5,6)15-17(3)12-13-19(25)21(27)10-2/h9-11,13,18,20,27-28H,1,3,12,14-16,25-26H2,2,4-8H3/b19-13+,21-10+,22-11+. The van der Waals surface area contributed by atoms with Gasteiger partial charge in [-0.1, -0.05) is 51.7 Å². The summed E-state index contributed by atoms with van der Waals surface area (Å²) in [6, 6.07) is -0.440. The molecular formula is C24H42N2O3. The van der Waals surface area contributed by atoms with Gasteiger partial charge in [0.25, 0.3) is 0 Å². The highest BCUT2D eigenvalue weighted by Gasteiger charge is 2.31. The van der Waals surface area contributed by atoms with Gasteiger partial charge in [-0.05, 0) is 63.5 Å². The van der Waals surface area contributed by atoms with E-state index in [9.17, 15) is 10.2 Å². The lowest BCUT2D eigenvalue weighted by atomic mass is 9.84. The number of hydrogen-bond acceptors (Lipinski definition) is 5. The summed E-state index contributed by atoms with van der Waals surface area (Å²) in [5, 5.41) is 19.5. The fourth-order valence-corrected chi connectivity index (χ4v) is 2.88. The number of aliphatic hydroxyl groups is 2. The normalized spacial score (nSPS) is 16.4. The van der Waals surface area contributed by atoms with E-state index in [2.05, 4.69) is 33.9 Å². The third-order valence-electron chi connectivity index (χ3n) is 5.21. The number of rotatable bonds is 13. The third-order valence-corrected chi connectivity index (χ3v) is 5.21.